The van der Waals surface area contributed by atoms with Crippen molar-refractivity contribution in [3.8, 4) is 11.5 Å². The number of methoxy groups -OCH3 is 2. The number of rotatable bonds is 7. The van der Waals surface area contributed by atoms with Crippen molar-refractivity contribution < 1.29 is 14.3 Å². The van der Waals surface area contributed by atoms with E-state index in [4.69, 9.17) is 9.47 Å². The van der Waals surface area contributed by atoms with Crippen molar-refractivity contribution in [1.82, 2.24) is 0 Å². The second-order valence-corrected chi connectivity index (χ2v) is 5.65. The van der Waals surface area contributed by atoms with E-state index in [-0.39, 0.29) is 17.6 Å². The van der Waals surface area contributed by atoms with Gasteiger partial charge in [0.15, 0.2) is 0 Å². The van der Waals surface area contributed by atoms with Crippen molar-refractivity contribution in [3.63, 3.8) is 0 Å². The zero-order valence-electron chi connectivity index (χ0n) is 14.2. The summed E-state index contributed by atoms with van der Waals surface area (Å²) < 4.78 is 10.4. The third kappa shape index (κ3) is 3.92. The molecule has 0 aromatic heterocycles. The van der Waals surface area contributed by atoms with Gasteiger partial charge in [-0.25, -0.2) is 0 Å². The van der Waals surface area contributed by atoms with Gasteiger partial charge in [-0.05, 0) is 54.7 Å². The molecule has 2 aromatic rings. The van der Waals surface area contributed by atoms with Crippen LogP contribution in [-0.2, 0) is 4.79 Å². The zero-order valence-corrected chi connectivity index (χ0v) is 14.2. The van der Waals surface area contributed by atoms with Gasteiger partial charge in [-0.15, -0.1) is 0 Å². The molecule has 0 aliphatic carbocycles. The van der Waals surface area contributed by atoms with Crippen LogP contribution in [0.25, 0.3) is 0 Å². The second kappa shape index (κ2) is 7.82. The number of carbonyl (C=O) groups is 1. The van der Waals surface area contributed by atoms with Gasteiger partial charge in [-0.3, -0.25) is 4.79 Å². The molecule has 0 bridgehead atoms. The molecule has 2 aromatic carbocycles. The van der Waals surface area contributed by atoms with E-state index in [1.807, 2.05) is 48.5 Å². The lowest BCUT2D eigenvalue weighted by Crippen LogP contribution is -2.18. The van der Waals surface area contributed by atoms with Crippen molar-refractivity contribution in [2.45, 2.75) is 32.1 Å². The Morgan fingerprint density at radius 3 is 1.65 bits per heavy atom. The van der Waals surface area contributed by atoms with Gasteiger partial charge in [0, 0.05) is 5.92 Å². The first-order chi connectivity index (χ1) is 11.1. The standard InChI is InChI=1S/C20H24O3/c1-5-19(15-6-10-17(22-3)11-7-15)20(14(2)21)16-8-12-18(23-4)13-9-16/h6-13,19-20H,5H2,1-4H3. The topological polar surface area (TPSA) is 35.5 Å². The van der Waals surface area contributed by atoms with E-state index in [9.17, 15) is 4.79 Å². The molecule has 2 atom stereocenters. The van der Waals surface area contributed by atoms with Crippen LogP contribution in [0.5, 0.6) is 11.5 Å². The predicted octanol–water partition coefficient (Wildman–Crippen LogP) is 4.57. The third-order valence-electron chi connectivity index (χ3n) is 4.30. The van der Waals surface area contributed by atoms with E-state index < -0.39 is 0 Å². The Morgan fingerprint density at radius 2 is 1.30 bits per heavy atom. The first-order valence-corrected chi connectivity index (χ1v) is 7.89. The van der Waals surface area contributed by atoms with Crippen LogP contribution in [0.1, 0.15) is 43.2 Å². The number of hydrogen-bond acceptors (Lipinski definition) is 3. The molecule has 2 rings (SSSR count). The molecule has 0 fully saturated rings. The average molecular weight is 312 g/mol. The summed E-state index contributed by atoms with van der Waals surface area (Å²) in [7, 11) is 3.30. The van der Waals surface area contributed by atoms with E-state index >= 15 is 0 Å². The summed E-state index contributed by atoms with van der Waals surface area (Å²) in [5.74, 6) is 1.80. The lowest BCUT2D eigenvalue weighted by Gasteiger charge is -2.25. The van der Waals surface area contributed by atoms with Crippen LogP contribution in [0.4, 0.5) is 0 Å². The molecule has 122 valence electrons. The van der Waals surface area contributed by atoms with E-state index in [1.54, 1.807) is 21.1 Å². The maximum Gasteiger partial charge on any atom is 0.137 e. The SMILES string of the molecule is CCC(c1ccc(OC)cc1)C(C(C)=O)c1ccc(OC)cc1. The molecule has 23 heavy (non-hydrogen) atoms. The highest BCUT2D eigenvalue weighted by Crippen LogP contribution is 2.37. The summed E-state index contributed by atoms with van der Waals surface area (Å²) >= 11 is 0. The van der Waals surface area contributed by atoms with Crippen LogP contribution in [-0.4, -0.2) is 20.0 Å². The molecule has 2 unspecified atom stereocenters. The highest BCUT2D eigenvalue weighted by Gasteiger charge is 2.27. The Labute approximate surface area is 138 Å². The fourth-order valence-corrected chi connectivity index (χ4v) is 3.08. The molecule has 0 saturated heterocycles. The quantitative estimate of drug-likeness (QED) is 0.751. The zero-order chi connectivity index (χ0) is 16.8. The van der Waals surface area contributed by atoms with Crippen LogP contribution in [0.15, 0.2) is 48.5 Å². The minimum Gasteiger partial charge on any atom is -0.497 e. The van der Waals surface area contributed by atoms with Crippen molar-refractivity contribution in [3.05, 3.63) is 59.7 Å². The van der Waals surface area contributed by atoms with Gasteiger partial charge < -0.3 is 9.47 Å². The molecule has 3 nitrogen and oxygen atoms in total. The second-order valence-electron chi connectivity index (χ2n) is 5.65. The van der Waals surface area contributed by atoms with Crippen LogP contribution in [0, 0.1) is 0 Å². The average Bonchev–Trinajstić information content (AvgIpc) is 2.59. The van der Waals surface area contributed by atoms with Crippen molar-refractivity contribution in [1.29, 1.82) is 0 Å². The molecular formula is C20H24O3. The Morgan fingerprint density at radius 1 is 0.870 bits per heavy atom. The van der Waals surface area contributed by atoms with Crippen LogP contribution in [0.3, 0.4) is 0 Å². The number of Topliss-reactive ketones (excluding diaryl/α,β-unsaturated/α-hetero) is 1. The number of ether oxygens (including phenoxy) is 2. The van der Waals surface area contributed by atoms with E-state index in [1.165, 1.54) is 0 Å². The Kier molecular flexibility index (Phi) is 5.80. The van der Waals surface area contributed by atoms with Crippen molar-refractivity contribution >= 4 is 5.78 Å². The van der Waals surface area contributed by atoms with Gasteiger partial charge >= 0.3 is 0 Å². The van der Waals surface area contributed by atoms with E-state index in [0.717, 1.165) is 29.0 Å². The van der Waals surface area contributed by atoms with Gasteiger partial charge in [-0.2, -0.15) is 0 Å². The monoisotopic (exact) mass is 312 g/mol. The highest BCUT2D eigenvalue weighted by atomic mass is 16.5. The van der Waals surface area contributed by atoms with Crippen LogP contribution in [0.2, 0.25) is 0 Å². The smallest absolute Gasteiger partial charge is 0.137 e. The first kappa shape index (κ1) is 17.1. The van der Waals surface area contributed by atoms with Crippen molar-refractivity contribution in [2.75, 3.05) is 14.2 Å². The Bertz CT molecular complexity index is 629. The molecule has 3 heteroatoms. The third-order valence-corrected chi connectivity index (χ3v) is 4.30. The first-order valence-electron chi connectivity index (χ1n) is 7.89. The molecular weight excluding hydrogens is 288 g/mol. The lowest BCUT2D eigenvalue weighted by molar-refractivity contribution is -0.118. The number of hydrogen-bond donors (Lipinski definition) is 0. The molecule has 0 radical (unpaired) electrons. The fraction of sp³-hybridized carbons (Fsp3) is 0.350. The normalized spacial score (nSPS) is 13.2. The Balaban J connectivity index is 2.37. The summed E-state index contributed by atoms with van der Waals surface area (Å²) in [6, 6.07) is 15.8. The molecule has 0 amide bonds. The molecule has 0 N–H and O–H groups in total. The molecule has 0 aliphatic heterocycles. The molecule has 0 saturated carbocycles. The summed E-state index contributed by atoms with van der Waals surface area (Å²) in [6.07, 6.45) is 0.891. The number of benzene rings is 2. The van der Waals surface area contributed by atoms with Gasteiger partial charge in [-0.1, -0.05) is 31.2 Å². The Hall–Kier alpha value is -2.29. The van der Waals surface area contributed by atoms with Gasteiger partial charge in [0.1, 0.15) is 17.3 Å². The maximum absolute atomic E-state index is 12.3. The van der Waals surface area contributed by atoms with Crippen LogP contribution < -0.4 is 9.47 Å². The predicted molar refractivity (Wildman–Crippen MR) is 92.4 cm³/mol. The van der Waals surface area contributed by atoms with Gasteiger partial charge in [0.05, 0.1) is 14.2 Å². The van der Waals surface area contributed by atoms with Gasteiger partial charge in [0.25, 0.3) is 0 Å². The lowest BCUT2D eigenvalue weighted by atomic mass is 9.78. The maximum atomic E-state index is 12.3. The molecule has 0 aliphatic rings. The fourth-order valence-electron chi connectivity index (χ4n) is 3.08. The summed E-state index contributed by atoms with van der Waals surface area (Å²) in [5.41, 5.74) is 2.19. The summed E-state index contributed by atoms with van der Waals surface area (Å²) in [6.45, 7) is 3.79. The largest absolute Gasteiger partial charge is 0.497 e. The van der Waals surface area contributed by atoms with E-state index in [2.05, 4.69) is 6.92 Å². The molecule has 0 spiro atoms. The summed E-state index contributed by atoms with van der Waals surface area (Å²) in [5, 5.41) is 0. The number of carbonyl (C=O) groups excluding carboxylic acids is 1. The minimum absolute atomic E-state index is 0.145. The van der Waals surface area contributed by atoms with Gasteiger partial charge in [0.2, 0.25) is 0 Å². The van der Waals surface area contributed by atoms with E-state index in [0.29, 0.717) is 0 Å². The molecule has 0 heterocycles. The number of ketones is 1. The van der Waals surface area contributed by atoms with Crippen molar-refractivity contribution in [2.24, 2.45) is 0 Å². The summed E-state index contributed by atoms with van der Waals surface area (Å²) in [4.78, 5) is 12.3. The minimum atomic E-state index is -0.153. The van der Waals surface area contributed by atoms with Crippen LogP contribution >= 0.6 is 0 Å². The highest BCUT2D eigenvalue weighted by molar-refractivity contribution is 5.84.